The van der Waals surface area contributed by atoms with Gasteiger partial charge < -0.3 is 14.6 Å². The Morgan fingerprint density at radius 2 is 2.18 bits per heavy atom. The summed E-state index contributed by atoms with van der Waals surface area (Å²) in [6.07, 6.45) is 4.95. The Hall–Kier alpha value is -3.16. The number of aryl methyl sites for hydroxylation is 2. The minimum atomic E-state index is -0.186. The Morgan fingerprint density at radius 3 is 2.93 bits per heavy atom. The summed E-state index contributed by atoms with van der Waals surface area (Å²) in [4.78, 5) is 16.4. The van der Waals surface area contributed by atoms with Crippen molar-refractivity contribution in [3.63, 3.8) is 0 Å². The van der Waals surface area contributed by atoms with E-state index in [0.717, 1.165) is 42.1 Å². The summed E-state index contributed by atoms with van der Waals surface area (Å²) >= 11 is 0. The van der Waals surface area contributed by atoms with E-state index in [9.17, 15) is 4.79 Å². The maximum absolute atomic E-state index is 12.1. The molecule has 1 aliphatic carbocycles. The molecule has 0 aliphatic heterocycles. The molecule has 0 bridgehead atoms. The van der Waals surface area contributed by atoms with E-state index in [-0.39, 0.29) is 18.4 Å². The van der Waals surface area contributed by atoms with Gasteiger partial charge in [-0.15, -0.1) is 0 Å². The molecule has 1 aliphatic rings. The van der Waals surface area contributed by atoms with Crippen molar-refractivity contribution >= 4 is 11.7 Å². The van der Waals surface area contributed by atoms with Gasteiger partial charge >= 0.3 is 0 Å². The van der Waals surface area contributed by atoms with Crippen LogP contribution in [0.4, 0.5) is 5.82 Å². The second-order valence-electron chi connectivity index (χ2n) is 7.25. The van der Waals surface area contributed by atoms with Gasteiger partial charge in [0.05, 0.1) is 24.4 Å². The molecule has 8 nitrogen and oxygen atoms in total. The quantitative estimate of drug-likeness (QED) is 0.678. The molecule has 3 aromatic rings. The van der Waals surface area contributed by atoms with E-state index in [4.69, 9.17) is 9.26 Å². The van der Waals surface area contributed by atoms with Gasteiger partial charge in [0.15, 0.2) is 5.82 Å². The van der Waals surface area contributed by atoms with E-state index in [1.54, 1.807) is 12.3 Å². The number of anilines is 1. The van der Waals surface area contributed by atoms with Crippen molar-refractivity contribution in [3.8, 4) is 5.75 Å². The van der Waals surface area contributed by atoms with Gasteiger partial charge in [-0.1, -0.05) is 5.16 Å². The standard InChI is InChI=1S/C20H23N5O3/c1-12-3-5-16(11-21-12)27-15-6-4-14(8-15)18-10-19(24-23-18)22-20(26)9-17-7-13(2)25-28-17/h3,5,7,10-11,14-15H,4,6,8-9H2,1-2H3,(H2,22,23,24,26)/t14-,15+/m1/s1. The van der Waals surface area contributed by atoms with Gasteiger partial charge in [-0.05, 0) is 45.2 Å². The molecule has 0 saturated heterocycles. The zero-order valence-corrected chi connectivity index (χ0v) is 15.9. The average Bonchev–Trinajstić information content (AvgIpc) is 3.39. The van der Waals surface area contributed by atoms with Gasteiger partial charge in [0.25, 0.3) is 0 Å². The number of aromatic amines is 1. The molecule has 28 heavy (non-hydrogen) atoms. The Morgan fingerprint density at radius 1 is 1.29 bits per heavy atom. The van der Waals surface area contributed by atoms with Crippen LogP contribution >= 0.6 is 0 Å². The number of carbonyl (C=O) groups is 1. The number of hydrogen-bond donors (Lipinski definition) is 2. The van der Waals surface area contributed by atoms with Crippen LogP contribution in [0.15, 0.2) is 35.0 Å². The lowest BCUT2D eigenvalue weighted by Gasteiger charge is -2.13. The molecule has 2 N–H and O–H groups in total. The van der Waals surface area contributed by atoms with Crippen LogP contribution in [0, 0.1) is 13.8 Å². The first-order valence-electron chi connectivity index (χ1n) is 9.42. The van der Waals surface area contributed by atoms with Crippen molar-refractivity contribution in [1.82, 2.24) is 20.3 Å². The van der Waals surface area contributed by atoms with Crippen molar-refractivity contribution in [2.45, 2.75) is 51.6 Å². The SMILES string of the molecule is Cc1ccc(O[C@H]2CC[C@@H](c3cc(NC(=O)Cc4cc(C)no4)n[nH]3)C2)cn1. The van der Waals surface area contributed by atoms with Gasteiger partial charge in [-0.2, -0.15) is 5.10 Å². The number of rotatable bonds is 6. The highest BCUT2D eigenvalue weighted by atomic mass is 16.5. The Kier molecular flexibility index (Phi) is 5.10. The predicted octanol–water partition coefficient (Wildman–Crippen LogP) is 3.31. The topological polar surface area (TPSA) is 106 Å². The van der Waals surface area contributed by atoms with E-state index in [1.807, 2.05) is 32.0 Å². The highest BCUT2D eigenvalue weighted by molar-refractivity contribution is 5.91. The van der Waals surface area contributed by atoms with Crippen molar-refractivity contribution in [1.29, 1.82) is 0 Å². The third kappa shape index (κ3) is 4.39. The second kappa shape index (κ2) is 7.84. The van der Waals surface area contributed by atoms with E-state index in [2.05, 4.69) is 25.7 Å². The number of carbonyl (C=O) groups excluding carboxylic acids is 1. The molecule has 0 spiro atoms. The number of nitrogens with one attached hydrogen (secondary N) is 2. The fourth-order valence-corrected chi connectivity index (χ4v) is 3.50. The van der Waals surface area contributed by atoms with E-state index >= 15 is 0 Å². The molecule has 1 amide bonds. The number of ether oxygens (including phenoxy) is 1. The molecular weight excluding hydrogens is 358 g/mol. The lowest BCUT2D eigenvalue weighted by molar-refractivity contribution is -0.115. The van der Waals surface area contributed by atoms with Crippen molar-refractivity contribution < 1.29 is 14.1 Å². The second-order valence-corrected chi connectivity index (χ2v) is 7.25. The van der Waals surface area contributed by atoms with E-state index in [1.165, 1.54) is 0 Å². The number of pyridine rings is 1. The Balaban J connectivity index is 1.30. The normalized spacial score (nSPS) is 18.9. The molecule has 146 valence electrons. The van der Waals surface area contributed by atoms with Crippen LogP contribution in [0.2, 0.25) is 0 Å². The van der Waals surface area contributed by atoms with Crippen LogP contribution in [-0.2, 0) is 11.2 Å². The Labute approximate surface area is 162 Å². The highest BCUT2D eigenvalue weighted by Gasteiger charge is 2.29. The van der Waals surface area contributed by atoms with Crippen molar-refractivity contribution in [3.05, 3.63) is 53.3 Å². The van der Waals surface area contributed by atoms with E-state index in [0.29, 0.717) is 17.5 Å². The third-order valence-corrected chi connectivity index (χ3v) is 4.89. The lowest BCUT2D eigenvalue weighted by atomic mass is 10.0. The Bertz CT molecular complexity index is 947. The number of hydrogen-bond acceptors (Lipinski definition) is 6. The number of amides is 1. The summed E-state index contributed by atoms with van der Waals surface area (Å²) in [5, 5.41) is 13.8. The van der Waals surface area contributed by atoms with Crippen LogP contribution in [0.5, 0.6) is 5.75 Å². The molecule has 4 rings (SSSR count). The van der Waals surface area contributed by atoms with Gasteiger partial charge in [0.1, 0.15) is 11.5 Å². The highest BCUT2D eigenvalue weighted by Crippen LogP contribution is 2.36. The first-order valence-corrected chi connectivity index (χ1v) is 9.42. The lowest BCUT2D eigenvalue weighted by Crippen LogP contribution is -2.14. The van der Waals surface area contributed by atoms with Crippen LogP contribution in [0.1, 0.15) is 48.0 Å². The molecule has 1 saturated carbocycles. The van der Waals surface area contributed by atoms with Crippen molar-refractivity contribution in [2.75, 3.05) is 5.32 Å². The predicted molar refractivity (Wildman–Crippen MR) is 102 cm³/mol. The largest absolute Gasteiger partial charge is 0.489 e. The summed E-state index contributed by atoms with van der Waals surface area (Å²) in [6.45, 7) is 3.77. The number of nitrogens with zero attached hydrogens (tertiary/aromatic N) is 3. The average molecular weight is 381 g/mol. The van der Waals surface area contributed by atoms with Crippen LogP contribution in [0.3, 0.4) is 0 Å². The smallest absolute Gasteiger partial charge is 0.233 e. The monoisotopic (exact) mass is 381 g/mol. The zero-order valence-electron chi connectivity index (χ0n) is 15.9. The first kappa shape index (κ1) is 18.2. The molecule has 0 unspecified atom stereocenters. The summed E-state index contributed by atoms with van der Waals surface area (Å²) in [6, 6.07) is 7.54. The molecule has 8 heteroatoms. The van der Waals surface area contributed by atoms with Gasteiger partial charge in [-0.25, -0.2) is 0 Å². The first-order chi connectivity index (χ1) is 13.5. The fraction of sp³-hybridized carbons (Fsp3) is 0.400. The number of aromatic nitrogens is 4. The van der Waals surface area contributed by atoms with Gasteiger partial charge in [-0.3, -0.25) is 14.9 Å². The maximum atomic E-state index is 12.1. The molecule has 3 heterocycles. The fourth-order valence-electron chi connectivity index (χ4n) is 3.50. The summed E-state index contributed by atoms with van der Waals surface area (Å²) in [5.41, 5.74) is 2.74. The number of H-pyrrole nitrogens is 1. The summed E-state index contributed by atoms with van der Waals surface area (Å²) in [7, 11) is 0. The molecule has 0 aromatic carbocycles. The molecule has 2 atom stereocenters. The summed E-state index contributed by atoms with van der Waals surface area (Å²) < 4.78 is 11.1. The molecule has 0 radical (unpaired) electrons. The van der Waals surface area contributed by atoms with Crippen LogP contribution < -0.4 is 10.1 Å². The van der Waals surface area contributed by atoms with Gasteiger partial charge in [0, 0.05) is 29.4 Å². The van der Waals surface area contributed by atoms with Crippen LogP contribution in [-0.4, -0.2) is 32.3 Å². The van der Waals surface area contributed by atoms with Gasteiger partial charge in [0.2, 0.25) is 5.91 Å². The van der Waals surface area contributed by atoms with E-state index < -0.39 is 0 Å². The van der Waals surface area contributed by atoms with Crippen molar-refractivity contribution in [2.24, 2.45) is 0 Å². The minimum Gasteiger partial charge on any atom is -0.489 e. The third-order valence-electron chi connectivity index (χ3n) is 4.89. The minimum absolute atomic E-state index is 0.132. The summed E-state index contributed by atoms with van der Waals surface area (Å²) in [5.74, 6) is 2.00. The molecular formula is C20H23N5O3. The molecule has 3 aromatic heterocycles. The van der Waals surface area contributed by atoms with Crippen LogP contribution in [0.25, 0.3) is 0 Å². The zero-order chi connectivity index (χ0) is 19.5. The maximum Gasteiger partial charge on any atom is 0.233 e. The molecule has 1 fully saturated rings.